The number of likely N-dealkylation sites (N-methyl/N-ethyl adjacent to an activating group) is 1. The van der Waals surface area contributed by atoms with E-state index in [1.807, 2.05) is 44.2 Å². The predicted octanol–water partition coefficient (Wildman–Crippen LogP) is 2.56. The maximum Gasteiger partial charge on any atom is 0.265 e. The van der Waals surface area contributed by atoms with Crippen LogP contribution in [0.3, 0.4) is 0 Å². The first-order valence-corrected chi connectivity index (χ1v) is 8.84. The summed E-state index contributed by atoms with van der Waals surface area (Å²) < 4.78 is 11.5. The van der Waals surface area contributed by atoms with E-state index in [-0.39, 0.29) is 25.0 Å². The van der Waals surface area contributed by atoms with Crippen molar-refractivity contribution in [3.63, 3.8) is 0 Å². The lowest BCUT2D eigenvalue weighted by atomic mass is 10.1. The molecule has 6 nitrogen and oxygen atoms in total. The molecule has 6 heteroatoms. The molecule has 27 heavy (non-hydrogen) atoms. The van der Waals surface area contributed by atoms with Gasteiger partial charge in [-0.3, -0.25) is 9.59 Å². The van der Waals surface area contributed by atoms with Crippen LogP contribution in [0, 0.1) is 13.8 Å². The van der Waals surface area contributed by atoms with E-state index in [4.69, 9.17) is 9.47 Å². The number of nitrogens with zero attached hydrogens (tertiary/aromatic N) is 2. The summed E-state index contributed by atoms with van der Waals surface area (Å²) in [6.45, 7) is 4.07. The molecule has 3 rings (SSSR count). The largest absolute Gasteiger partial charge is 0.484 e. The van der Waals surface area contributed by atoms with Crippen molar-refractivity contribution in [3.8, 4) is 11.5 Å². The van der Waals surface area contributed by atoms with Gasteiger partial charge in [-0.15, -0.1) is 0 Å². The minimum atomic E-state index is -0.736. The molecule has 0 radical (unpaired) electrons. The zero-order valence-electron chi connectivity index (χ0n) is 16.1. The summed E-state index contributed by atoms with van der Waals surface area (Å²) >= 11 is 0. The number of amides is 2. The van der Waals surface area contributed by atoms with Crippen LogP contribution in [0.25, 0.3) is 0 Å². The lowest BCUT2D eigenvalue weighted by Gasteiger charge is -2.35. The molecule has 1 heterocycles. The van der Waals surface area contributed by atoms with Gasteiger partial charge in [0.05, 0.1) is 12.2 Å². The fraction of sp³-hybridized carbons (Fsp3) is 0.333. The summed E-state index contributed by atoms with van der Waals surface area (Å²) in [5, 5.41) is 0. The molecule has 2 aromatic rings. The van der Waals surface area contributed by atoms with Crippen molar-refractivity contribution < 1.29 is 19.1 Å². The van der Waals surface area contributed by atoms with E-state index in [1.54, 1.807) is 31.1 Å². The van der Waals surface area contributed by atoms with Gasteiger partial charge >= 0.3 is 0 Å². The van der Waals surface area contributed by atoms with Gasteiger partial charge in [-0.05, 0) is 49.2 Å². The Kier molecular flexibility index (Phi) is 5.35. The quantitative estimate of drug-likeness (QED) is 0.832. The van der Waals surface area contributed by atoms with Gasteiger partial charge in [0.25, 0.3) is 11.8 Å². The van der Waals surface area contributed by atoms with Crippen LogP contribution in [0.15, 0.2) is 42.5 Å². The SMILES string of the molecule is Cc1ccc(OCC(=O)N2C[C@H](C(=O)N(C)C)Oc3ccccc32)cc1C. The van der Waals surface area contributed by atoms with Crippen molar-refractivity contribution in [1.29, 1.82) is 0 Å². The van der Waals surface area contributed by atoms with Gasteiger partial charge in [-0.25, -0.2) is 0 Å². The van der Waals surface area contributed by atoms with Crippen LogP contribution >= 0.6 is 0 Å². The minimum absolute atomic E-state index is 0.111. The molecule has 0 N–H and O–H groups in total. The number of benzene rings is 2. The third kappa shape index (κ3) is 4.05. The van der Waals surface area contributed by atoms with E-state index in [0.29, 0.717) is 17.2 Å². The Labute approximate surface area is 159 Å². The Morgan fingerprint density at radius 1 is 1.15 bits per heavy atom. The van der Waals surface area contributed by atoms with E-state index in [9.17, 15) is 9.59 Å². The van der Waals surface area contributed by atoms with E-state index < -0.39 is 6.10 Å². The summed E-state index contributed by atoms with van der Waals surface area (Å²) in [6.07, 6.45) is -0.736. The van der Waals surface area contributed by atoms with E-state index in [2.05, 4.69) is 0 Å². The van der Waals surface area contributed by atoms with Gasteiger partial charge in [0.1, 0.15) is 11.5 Å². The molecule has 0 saturated heterocycles. The minimum Gasteiger partial charge on any atom is -0.484 e. The Morgan fingerprint density at radius 3 is 2.59 bits per heavy atom. The number of carbonyl (C=O) groups is 2. The zero-order valence-corrected chi connectivity index (χ0v) is 16.1. The maximum absolute atomic E-state index is 12.8. The Morgan fingerprint density at radius 2 is 1.89 bits per heavy atom. The lowest BCUT2D eigenvalue weighted by Crippen LogP contribution is -2.51. The monoisotopic (exact) mass is 368 g/mol. The standard InChI is InChI=1S/C21H24N2O4/c1-14-9-10-16(11-15(14)2)26-13-20(24)23-12-19(21(25)22(3)4)27-18-8-6-5-7-17(18)23/h5-11,19H,12-13H2,1-4H3/t19-/m1/s1. The van der Waals surface area contributed by atoms with Crippen molar-refractivity contribution in [3.05, 3.63) is 53.6 Å². The molecule has 0 spiro atoms. The molecule has 0 bridgehead atoms. The van der Waals surface area contributed by atoms with Gasteiger partial charge < -0.3 is 19.3 Å². The number of para-hydroxylation sites is 2. The van der Waals surface area contributed by atoms with Gasteiger partial charge in [0, 0.05) is 14.1 Å². The van der Waals surface area contributed by atoms with Gasteiger partial charge in [-0.2, -0.15) is 0 Å². The van der Waals surface area contributed by atoms with E-state index >= 15 is 0 Å². The van der Waals surface area contributed by atoms with Gasteiger partial charge in [0.15, 0.2) is 12.7 Å². The Bertz CT molecular complexity index is 863. The highest BCUT2D eigenvalue weighted by molar-refractivity contribution is 5.98. The molecule has 2 amide bonds. The highest BCUT2D eigenvalue weighted by atomic mass is 16.5. The highest BCUT2D eigenvalue weighted by Crippen LogP contribution is 2.33. The van der Waals surface area contributed by atoms with E-state index in [0.717, 1.165) is 5.56 Å². The van der Waals surface area contributed by atoms with Crippen molar-refractivity contribution in [2.24, 2.45) is 0 Å². The molecule has 0 saturated carbocycles. The highest BCUT2D eigenvalue weighted by Gasteiger charge is 2.34. The molecule has 0 aliphatic carbocycles. The third-order valence-corrected chi connectivity index (χ3v) is 4.63. The summed E-state index contributed by atoms with van der Waals surface area (Å²) in [5.41, 5.74) is 2.92. The third-order valence-electron chi connectivity index (χ3n) is 4.63. The van der Waals surface area contributed by atoms with Crippen LogP contribution in [0.4, 0.5) is 5.69 Å². The van der Waals surface area contributed by atoms with Crippen molar-refractivity contribution in [2.75, 3.05) is 32.1 Å². The van der Waals surface area contributed by atoms with Crippen LogP contribution in [0.1, 0.15) is 11.1 Å². The first kappa shape index (κ1) is 18.8. The zero-order chi connectivity index (χ0) is 19.6. The van der Waals surface area contributed by atoms with Crippen LogP contribution in [-0.2, 0) is 9.59 Å². The first-order chi connectivity index (χ1) is 12.9. The van der Waals surface area contributed by atoms with Crippen molar-refractivity contribution in [2.45, 2.75) is 20.0 Å². The molecule has 0 unspecified atom stereocenters. The number of carbonyl (C=O) groups excluding carboxylic acids is 2. The number of ether oxygens (including phenoxy) is 2. The molecule has 1 aliphatic heterocycles. The Hall–Kier alpha value is -3.02. The predicted molar refractivity (Wildman–Crippen MR) is 103 cm³/mol. The number of rotatable bonds is 4. The van der Waals surface area contributed by atoms with Crippen LogP contribution in [-0.4, -0.2) is 50.1 Å². The van der Waals surface area contributed by atoms with E-state index in [1.165, 1.54) is 10.5 Å². The number of fused-ring (bicyclic) bond motifs is 1. The fourth-order valence-corrected chi connectivity index (χ4v) is 2.91. The number of hydrogen-bond acceptors (Lipinski definition) is 4. The molecule has 1 aliphatic rings. The molecule has 1 atom stereocenters. The van der Waals surface area contributed by atoms with Crippen LogP contribution in [0.2, 0.25) is 0 Å². The summed E-state index contributed by atoms with van der Waals surface area (Å²) in [4.78, 5) is 28.2. The lowest BCUT2D eigenvalue weighted by molar-refractivity contribution is -0.136. The number of anilines is 1. The average Bonchev–Trinajstić information content (AvgIpc) is 2.67. The summed E-state index contributed by atoms with van der Waals surface area (Å²) in [5.74, 6) is 0.760. The molecule has 0 fully saturated rings. The van der Waals surface area contributed by atoms with Crippen LogP contribution in [0.5, 0.6) is 11.5 Å². The van der Waals surface area contributed by atoms with Crippen LogP contribution < -0.4 is 14.4 Å². The van der Waals surface area contributed by atoms with Gasteiger partial charge in [0.2, 0.25) is 0 Å². The second-order valence-corrected chi connectivity index (χ2v) is 6.85. The molecule has 2 aromatic carbocycles. The molecule has 0 aromatic heterocycles. The fourth-order valence-electron chi connectivity index (χ4n) is 2.91. The molecule has 142 valence electrons. The summed E-state index contributed by atoms with van der Waals surface area (Å²) in [7, 11) is 3.34. The number of aryl methyl sites for hydroxylation is 2. The number of hydrogen-bond donors (Lipinski definition) is 0. The molecular weight excluding hydrogens is 344 g/mol. The normalized spacial score (nSPS) is 15.6. The molecular formula is C21H24N2O4. The summed E-state index contributed by atoms with van der Waals surface area (Å²) in [6, 6.07) is 12.9. The average molecular weight is 368 g/mol. The van der Waals surface area contributed by atoms with Gasteiger partial charge in [-0.1, -0.05) is 18.2 Å². The first-order valence-electron chi connectivity index (χ1n) is 8.84. The second-order valence-electron chi connectivity index (χ2n) is 6.85. The smallest absolute Gasteiger partial charge is 0.265 e. The topological polar surface area (TPSA) is 59.1 Å². The second kappa shape index (κ2) is 7.70. The maximum atomic E-state index is 12.8. The Balaban J connectivity index is 1.77. The van der Waals surface area contributed by atoms with Crippen molar-refractivity contribution in [1.82, 2.24) is 4.90 Å². The van der Waals surface area contributed by atoms with Crippen molar-refractivity contribution >= 4 is 17.5 Å².